The molecular weight excluding hydrogens is 270 g/mol. The second-order valence-electron chi connectivity index (χ2n) is 4.08. The SMILES string of the molecule is CC(C)c1cc(Br)cc2c(C(=O)O)c[nH]c12. The fourth-order valence-electron chi connectivity index (χ4n) is 1.86. The number of rotatable bonds is 2. The predicted molar refractivity (Wildman–Crippen MR) is 67.0 cm³/mol. The summed E-state index contributed by atoms with van der Waals surface area (Å²) in [5, 5.41) is 9.81. The highest BCUT2D eigenvalue weighted by atomic mass is 79.9. The van der Waals surface area contributed by atoms with Crippen molar-refractivity contribution in [3.05, 3.63) is 33.9 Å². The van der Waals surface area contributed by atoms with E-state index in [2.05, 4.69) is 34.8 Å². The molecular formula is C12H12BrNO2. The second kappa shape index (κ2) is 3.94. The third kappa shape index (κ3) is 1.73. The van der Waals surface area contributed by atoms with Gasteiger partial charge in [0.1, 0.15) is 0 Å². The summed E-state index contributed by atoms with van der Waals surface area (Å²) in [6.07, 6.45) is 1.55. The number of aromatic nitrogens is 1. The fraction of sp³-hybridized carbons (Fsp3) is 0.250. The Hall–Kier alpha value is -1.29. The maximum atomic E-state index is 11.0. The summed E-state index contributed by atoms with van der Waals surface area (Å²) < 4.78 is 0.908. The molecule has 2 rings (SSSR count). The molecule has 1 aromatic heterocycles. The van der Waals surface area contributed by atoms with E-state index in [4.69, 9.17) is 5.11 Å². The van der Waals surface area contributed by atoms with Crippen LogP contribution < -0.4 is 0 Å². The van der Waals surface area contributed by atoms with Crippen molar-refractivity contribution in [2.24, 2.45) is 0 Å². The number of carbonyl (C=O) groups is 1. The fourth-order valence-corrected chi connectivity index (χ4v) is 2.33. The normalized spacial score (nSPS) is 11.2. The molecule has 0 aliphatic heterocycles. The predicted octanol–water partition coefficient (Wildman–Crippen LogP) is 3.75. The zero-order chi connectivity index (χ0) is 11.9. The van der Waals surface area contributed by atoms with E-state index in [0.717, 1.165) is 20.9 Å². The zero-order valence-corrected chi connectivity index (χ0v) is 10.6. The van der Waals surface area contributed by atoms with Gasteiger partial charge in [-0.05, 0) is 23.6 Å². The molecule has 0 aliphatic rings. The molecule has 0 bridgehead atoms. The number of hydrogen-bond acceptors (Lipinski definition) is 1. The quantitative estimate of drug-likeness (QED) is 0.881. The Balaban J connectivity index is 2.80. The minimum absolute atomic E-state index is 0.318. The van der Waals surface area contributed by atoms with Crippen LogP contribution >= 0.6 is 15.9 Å². The second-order valence-corrected chi connectivity index (χ2v) is 5.00. The molecule has 3 nitrogen and oxygen atoms in total. The highest BCUT2D eigenvalue weighted by Gasteiger charge is 2.15. The van der Waals surface area contributed by atoms with Crippen LogP contribution in [-0.4, -0.2) is 16.1 Å². The lowest BCUT2D eigenvalue weighted by Crippen LogP contribution is -1.94. The van der Waals surface area contributed by atoms with E-state index in [9.17, 15) is 4.79 Å². The van der Waals surface area contributed by atoms with Crippen LogP contribution in [0.3, 0.4) is 0 Å². The molecule has 0 unspecified atom stereocenters. The molecule has 1 heterocycles. The van der Waals surface area contributed by atoms with E-state index in [0.29, 0.717) is 11.5 Å². The van der Waals surface area contributed by atoms with Crippen molar-refractivity contribution in [1.29, 1.82) is 0 Å². The zero-order valence-electron chi connectivity index (χ0n) is 9.04. The van der Waals surface area contributed by atoms with Gasteiger partial charge in [-0.1, -0.05) is 29.8 Å². The third-order valence-corrected chi connectivity index (χ3v) is 3.09. The molecule has 84 valence electrons. The molecule has 2 N–H and O–H groups in total. The molecule has 2 aromatic rings. The van der Waals surface area contributed by atoms with Gasteiger partial charge in [-0.2, -0.15) is 0 Å². The molecule has 0 fully saturated rings. The van der Waals surface area contributed by atoms with E-state index in [-0.39, 0.29) is 0 Å². The minimum Gasteiger partial charge on any atom is -0.478 e. The summed E-state index contributed by atoms with van der Waals surface area (Å²) >= 11 is 3.41. The number of nitrogens with one attached hydrogen (secondary N) is 1. The summed E-state index contributed by atoms with van der Waals surface area (Å²) in [5.74, 6) is -0.556. The molecule has 0 aliphatic carbocycles. The summed E-state index contributed by atoms with van der Waals surface area (Å²) in [6, 6.07) is 3.86. The van der Waals surface area contributed by atoms with E-state index in [1.807, 2.05) is 12.1 Å². The Kier molecular flexibility index (Phi) is 2.76. The van der Waals surface area contributed by atoms with Crippen molar-refractivity contribution < 1.29 is 9.90 Å². The monoisotopic (exact) mass is 281 g/mol. The largest absolute Gasteiger partial charge is 0.478 e. The first-order valence-electron chi connectivity index (χ1n) is 5.04. The highest BCUT2D eigenvalue weighted by Crippen LogP contribution is 2.30. The number of benzene rings is 1. The highest BCUT2D eigenvalue weighted by molar-refractivity contribution is 9.10. The molecule has 0 atom stereocenters. The van der Waals surface area contributed by atoms with Crippen molar-refractivity contribution in [3.63, 3.8) is 0 Å². The lowest BCUT2D eigenvalue weighted by Gasteiger charge is -2.08. The molecule has 0 saturated carbocycles. The Morgan fingerprint density at radius 1 is 1.44 bits per heavy atom. The Morgan fingerprint density at radius 3 is 2.69 bits per heavy atom. The number of H-pyrrole nitrogens is 1. The number of aromatic amines is 1. The van der Waals surface area contributed by atoms with E-state index in [1.165, 1.54) is 0 Å². The summed E-state index contributed by atoms with van der Waals surface area (Å²) in [7, 11) is 0. The molecule has 1 aromatic carbocycles. The first-order chi connectivity index (χ1) is 7.50. The van der Waals surface area contributed by atoms with Crippen molar-refractivity contribution in [2.75, 3.05) is 0 Å². The first kappa shape index (κ1) is 11.2. The van der Waals surface area contributed by atoms with Crippen LogP contribution in [0.5, 0.6) is 0 Å². The van der Waals surface area contributed by atoms with Gasteiger partial charge in [0.2, 0.25) is 0 Å². The van der Waals surface area contributed by atoms with Gasteiger partial charge in [0.05, 0.1) is 5.56 Å². The van der Waals surface area contributed by atoms with E-state index in [1.54, 1.807) is 6.20 Å². The first-order valence-corrected chi connectivity index (χ1v) is 5.84. The summed E-state index contributed by atoms with van der Waals surface area (Å²) in [4.78, 5) is 14.1. The van der Waals surface area contributed by atoms with Crippen molar-refractivity contribution in [3.8, 4) is 0 Å². The molecule has 0 saturated heterocycles. The van der Waals surface area contributed by atoms with Crippen molar-refractivity contribution in [1.82, 2.24) is 4.98 Å². The van der Waals surface area contributed by atoms with Crippen LogP contribution in [0.2, 0.25) is 0 Å². The smallest absolute Gasteiger partial charge is 0.337 e. The maximum Gasteiger partial charge on any atom is 0.337 e. The van der Waals surface area contributed by atoms with Gasteiger partial charge in [-0.25, -0.2) is 4.79 Å². The van der Waals surface area contributed by atoms with Gasteiger partial charge >= 0.3 is 5.97 Å². The van der Waals surface area contributed by atoms with E-state index < -0.39 is 5.97 Å². The van der Waals surface area contributed by atoms with Crippen molar-refractivity contribution >= 4 is 32.8 Å². The van der Waals surface area contributed by atoms with Gasteiger partial charge in [-0.15, -0.1) is 0 Å². The number of fused-ring (bicyclic) bond motifs is 1. The standard InChI is InChI=1S/C12H12BrNO2/c1-6(2)8-3-7(13)4-9-10(12(15)16)5-14-11(8)9/h3-6,14H,1-2H3,(H,15,16). The molecule has 4 heteroatoms. The number of hydrogen-bond donors (Lipinski definition) is 2. The van der Waals surface area contributed by atoms with Crippen molar-refractivity contribution in [2.45, 2.75) is 19.8 Å². The lowest BCUT2D eigenvalue weighted by molar-refractivity contribution is 0.0699. The average molecular weight is 282 g/mol. The van der Waals surface area contributed by atoms with Gasteiger partial charge in [-0.3, -0.25) is 0 Å². The average Bonchev–Trinajstić information content (AvgIpc) is 2.59. The Bertz CT molecular complexity index is 557. The van der Waals surface area contributed by atoms with Gasteiger partial charge in [0.15, 0.2) is 0 Å². The summed E-state index contributed by atoms with van der Waals surface area (Å²) in [5.41, 5.74) is 2.35. The molecule has 0 spiro atoms. The Morgan fingerprint density at radius 2 is 2.12 bits per heavy atom. The van der Waals surface area contributed by atoms with Crippen LogP contribution in [0, 0.1) is 0 Å². The van der Waals surface area contributed by atoms with Gasteiger partial charge < -0.3 is 10.1 Å². The van der Waals surface area contributed by atoms with Crippen LogP contribution in [0.4, 0.5) is 0 Å². The maximum absolute atomic E-state index is 11.0. The van der Waals surface area contributed by atoms with Crippen LogP contribution in [0.25, 0.3) is 10.9 Å². The van der Waals surface area contributed by atoms with Crippen LogP contribution in [0.15, 0.2) is 22.8 Å². The van der Waals surface area contributed by atoms with Gasteiger partial charge in [0.25, 0.3) is 0 Å². The number of carboxylic acids is 1. The van der Waals surface area contributed by atoms with Crippen LogP contribution in [-0.2, 0) is 0 Å². The molecule has 16 heavy (non-hydrogen) atoms. The van der Waals surface area contributed by atoms with E-state index >= 15 is 0 Å². The Labute approximate surface area is 102 Å². The summed E-state index contributed by atoms with van der Waals surface area (Å²) in [6.45, 7) is 4.17. The molecule has 0 radical (unpaired) electrons. The number of carboxylic acid groups (broad SMARTS) is 1. The number of halogens is 1. The number of aromatic carboxylic acids is 1. The van der Waals surface area contributed by atoms with Crippen LogP contribution in [0.1, 0.15) is 35.7 Å². The minimum atomic E-state index is -0.904. The molecule has 0 amide bonds. The third-order valence-electron chi connectivity index (χ3n) is 2.64. The van der Waals surface area contributed by atoms with Gasteiger partial charge in [0, 0.05) is 21.6 Å². The lowest BCUT2D eigenvalue weighted by atomic mass is 10.00. The topological polar surface area (TPSA) is 53.1 Å².